The largest absolute Gasteiger partial charge is 0.350 e. The van der Waals surface area contributed by atoms with Crippen LogP contribution >= 0.6 is 11.3 Å². The fraction of sp³-hybridized carbons (Fsp3) is 0.391. The Morgan fingerprint density at radius 3 is 2.94 bits per heavy atom. The molecule has 2 amide bonds. The van der Waals surface area contributed by atoms with Crippen LogP contribution in [0.25, 0.3) is 10.2 Å². The number of benzene rings is 1. The van der Waals surface area contributed by atoms with Crippen LogP contribution in [0.1, 0.15) is 36.0 Å². The first kappa shape index (κ1) is 19.9. The van der Waals surface area contributed by atoms with E-state index in [-0.39, 0.29) is 30.8 Å². The van der Waals surface area contributed by atoms with E-state index in [1.54, 1.807) is 16.2 Å². The molecule has 0 spiro atoms. The fourth-order valence-electron chi connectivity index (χ4n) is 4.68. The van der Waals surface area contributed by atoms with Crippen LogP contribution in [-0.4, -0.2) is 41.4 Å². The Bertz CT molecular complexity index is 1200. The van der Waals surface area contributed by atoms with E-state index in [2.05, 4.69) is 10.3 Å². The summed E-state index contributed by atoms with van der Waals surface area (Å²) >= 11 is 1.75. The van der Waals surface area contributed by atoms with Crippen molar-refractivity contribution in [2.45, 2.75) is 45.6 Å². The maximum Gasteiger partial charge on any atom is 0.246 e. The van der Waals surface area contributed by atoms with E-state index in [1.807, 2.05) is 50.1 Å². The molecular weight excluding hydrogens is 410 g/mol. The van der Waals surface area contributed by atoms with E-state index in [0.29, 0.717) is 11.5 Å². The highest BCUT2D eigenvalue weighted by Gasteiger charge is 2.31. The van der Waals surface area contributed by atoms with Crippen LogP contribution in [0.2, 0.25) is 0 Å². The normalized spacial score (nSPS) is 17.8. The SMILES string of the molecule is Cc1nc(N(C)CC(=O)N2c3ccccc3NC(=O)CC2C)c2c3c(sc2n1)CCC3. The number of nitrogens with one attached hydrogen (secondary N) is 1. The quantitative estimate of drug-likeness (QED) is 0.679. The third-order valence-corrected chi connectivity index (χ3v) is 7.21. The summed E-state index contributed by atoms with van der Waals surface area (Å²) in [6, 6.07) is 7.23. The lowest BCUT2D eigenvalue weighted by atomic mass is 10.1. The number of likely N-dealkylation sites (N-methyl/N-ethyl adjacent to an activating group) is 1. The Labute approximate surface area is 185 Å². The summed E-state index contributed by atoms with van der Waals surface area (Å²) in [5, 5.41) is 4.01. The van der Waals surface area contributed by atoms with Crippen molar-refractivity contribution in [3.8, 4) is 0 Å². The molecule has 7 nitrogen and oxygen atoms in total. The standard InChI is InChI=1S/C23H25N5O2S/c1-13-11-19(29)26-16-8-4-5-9-17(16)28(13)20(30)12-27(3)22-21-15-7-6-10-18(15)31-23(21)25-14(2)24-22/h4-5,8-9,13H,6-7,10-12H2,1-3H3,(H,26,29). The Hall–Kier alpha value is -3.00. The van der Waals surface area contributed by atoms with Gasteiger partial charge in [0.15, 0.2) is 0 Å². The topological polar surface area (TPSA) is 78.4 Å². The van der Waals surface area contributed by atoms with Crippen molar-refractivity contribution in [3.63, 3.8) is 0 Å². The molecule has 2 aliphatic rings. The van der Waals surface area contributed by atoms with Gasteiger partial charge in [-0.25, -0.2) is 9.97 Å². The average molecular weight is 436 g/mol. The first-order valence-electron chi connectivity index (χ1n) is 10.6. The molecule has 0 saturated heterocycles. The Kier molecular flexibility index (Phi) is 4.89. The van der Waals surface area contributed by atoms with Gasteiger partial charge in [0.05, 0.1) is 23.3 Å². The van der Waals surface area contributed by atoms with Gasteiger partial charge in [-0.1, -0.05) is 12.1 Å². The predicted octanol–water partition coefficient (Wildman–Crippen LogP) is 3.69. The molecule has 1 aliphatic heterocycles. The lowest BCUT2D eigenvalue weighted by molar-refractivity contribution is -0.118. The number of anilines is 3. The van der Waals surface area contributed by atoms with Crippen molar-refractivity contribution in [2.75, 3.05) is 28.7 Å². The van der Waals surface area contributed by atoms with Gasteiger partial charge in [-0.3, -0.25) is 9.59 Å². The molecule has 0 bridgehead atoms. The van der Waals surface area contributed by atoms with Gasteiger partial charge in [0.25, 0.3) is 0 Å². The van der Waals surface area contributed by atoms with E-state index in [4.69, 9.17) is 4.98 Å². The molecule has 3 aromatic rings. The maximum atomic E-state index is 13.5. The van der Waals surface area contributed by atoms with Crippen LogP contribution < -0.4 is 15.1 Å². The number of carbonyl (C=O) groups excluding carboxylic acids is 2. The highest BCUT2D eigenvalue weighted by molar-refractivity contribution is 7.19. The number of nitrogens with zero attached hydrogens (tertiary/aromatic N) is 4. The summed E-state index contributed by atoms with van der Waals surface area (Å²) < 4.78 is 0. The number of aryl methyl sites for hydroxylation is 3. The summed E-state index contributed by atoms with van der Waals surface area (Å²) in [4.78, 5) is 41.2. The second-order valence-electron chi connectivity index (χ2n) is 8.37. The number of hydrogen-bond donors (Lipinski definition) is 1. The molecule has 1 aliphatic carbocycles. The Morgan fingerprint density at radius 2 is 2.10 bits per heavy atom. The average Bonchev–Trinajstić information content (AvgIpc) is 3.25. The molecule has 1 atom stereocenters. The van der Waals surface area contributed by atoms with Gasteiger partial charge in [-0.2, -0.15) is 0 Å². The van der Waals surface area contributed by atoms with Crippen molar-refractivity contribution in [2.24, 2.45) is 0 Å². The zero-order chi connectivity index (χ0) is 21.7. The minimum Gasteiger partial charge on any atom is -0.350 e. The Balaban J connectivity index is 1.49. The van der Waals surface area contributed by atoms with Crippen molar-refractivity contribution < 1.29 is 9.59 Å². The number of para-hydroxylation sites is 2. The zero-order valence-corrected chi connectivity index (χ0v) is 18.8. The highest BCUT2D eigenvalue weighted by atomic mass is 32.1. The molecular formula is C23H25N5O2S. The number of aromatic nitrogens is 2. The summed E-state index contributed by atoms with van der Waals surface area (Å²) in [7, 11) is 1.91. The number of rotatable bonds is 3. The number of amides is 2. The van der Waals surface area contributed by atoms with Crippen molar-refractivity contribution in [1.82, 2.24) is 9.97 Å². The van der Waals surface area contributed by atoms with Crippen LogP contribution in [0.15, 0.2) is 24.3 Å². The van der Waals surface area contributed by atoms with Crippen LogP contribution in [0.5, 0.6) is 0 Å². The molecule has 3 heterocycles. The molecule has 0 saturated carbocycles. The first-order chi connectivity index (χ1) is 14.9. The molecule has 31 heavy (non-hydrogen) atoms. The van der Waals surface area contributed by atoms with Gasteiger partial charge in [0, 0.05) is 24.4 Å². The number of fused-ring (bicyclic) bond motifs is 4. The van der Waals surface area contributed by atoms with Crippen LogP contribution in [0.3, 0.4) is 0 Å². The zero-order valence-electron chi connectivity index (χ0n) is 17.9. The lowest BCUT2D eigenvalue weighted by Crippen LogP contribution is -2.44. The molecule has 2 aromatic heterocycles. The van der Waals surface area contributed by atoms with E-state index in [9.17, 15) is 9.59 Å². The van der Waals surface area contributed by atoms with Crippen molar-refractivity contribution in [1.29, 1.82) is 0 Å². The molecule has 0 fully saturated rings. The van der Waals surface area contributed by atoms with Gasteiger partial charge in [-0.05, 0) is 50.8 Å². The van der Waals surface area contributed by atoms with Crippen LogP contribution in [0.4, 0.5) is 17.2 Å². The number of thiophene rings is 1. The highest BCUT2D eigenvalue weighted by Crippen LogP contribution is 2.40. The second kappa shape index (κ2) is 7.60. The minimum absolute atomic E-state index is 0.0600. The van der Waals surface area contributed by atoms with Gasteiger partial charge in [-0.15, -0.1) is 11.3 Å². The van der Waals surface area contributed by atoms with Gasteiger partial charge in [0.1, 0.15) is 16.5 Å². The minimum atomic E-state index is -0.234. The second-order valence-corrected chi connectivity index (χ2v) is 9.45. The molecule has 0 radical (unpaired) electrons. The van der Waals surface area contributed by atoms with E-state index >= 15 is 0 Å². The molecule has 8 heteroatoms. The third-order valence-electron chi connectivity index (χ3n) is 6.02. The van der Waals surface area contributed by atoms with Crippen molar-refractivity contribution >= 4 is 50.6 Å². The van der Waals surface area contributed by atoms with Gasteiger partial charge in [0.2, 0.25) is 11.8 Å². The maximum absolute atomic E-state index is 13.5. The number of carbonyl (C=O) groups is 2. The summed E-state index contributed by atoms with van der Waals surface area (Å²) in [5.74, 6) is 1.39. The molecule has 5 rings (SSSR count). The Morgan fingerprint density at radius 1 is 1.29 bits per heavy atom. The number of hydrogen-bond acceptors (Lipinski definition) is 6. The third kappa shape index (κ3) is 3.44. The molecule has 1 unspecified atom stereocenters. The lowest BCUT2D eigenvalue weighted by Gasteiger charge is -2.30. The summed E-state index contributed by atoms with van der Waals surface area (Å²) in [6.45, 7) is 3.98. The van der Waals surface area contributed by atoms with E-state index in [0.717, 1.165) is 41.0 Å². The molecule has 1 N–H and O–H groups in total. The first-order valence-corrected chi connectivity index (χ1v) is 11.4. The van der Waals surface area contributed by atoms with Crippen LogP contribution in [-0.2, 0) is 22.4 Å². The smallest absolute Gasteiger partial charge is 0.246 e. The summed E-state index contributed by atoms with van der Waals surface area (Å²) in [5.41, 5.74) is 2.75. The fourth-order valence-corrected chi connectivity index (χ4v) is 5.98. The van der Waals surface area contributed by atoms with Gasteiger partial charge < -0.3 is 15.1 Å². The molecule has 1 aromatic carbocycles. The van der Waals surface area contributed by atoms with Crippen molar-refractivity contribution in [3.05, 3.63) is 40.5 Å². The predicted molar refractivity (Wildman–Crippen MR) is 124 cm³/mol. The van der Waals surface area contributed by atoms with E-state index in [1.165, 1.54) is 10.4 Å². The van der Waals surface area contributed by atoms with Gasteiger partial charge >= 0.3 is 0 Å². The van der Waals surface area contributed by atoms with E-state index < -0.39 is 0 Å². The molecule has 160 valence electrons. The summed E-state index contributed by atoms with van der Waals surface area (Å²) in [6.07, 6.45) is 3.57. The van der Waals surface area contributed by atoms with Crippen LogP contribution in [0, 0.1) is 6.92 Å². The monoisotopic (exact) mass is 435 g/mol.